The van der Waals surface area contributed by atoms with Gasteiger partial charge in [0.25, 0.3) is 0 Å². The van der Waals surface area contributed by atoms with Crippen LogP contribution in [0.25, 0.3) is 0 Å². The number of quaternary nitrogens is 2. The van der Waals surface area contributed by atoms with Gasteiger partial charge in [-0.05, 0) is 20.8 Å². The molecule has 0 N–H and O–H groups in total. The molecule has 0 aliphatic rings. The molecular formula is C19H38N2O4+2. The summed E-state index contributed by atoms with van der Waals surface area (Å²) in [6, 6.07) is 0. The summed E-state index contributed by atoms with van der Waals surface area (Å²) in [7, 11) is 8.29. The molecule has 0 rings (SSSR count). The third-order valence-corrected chi connectivity index (χ3v) is 3.91. The zero-order chi connectivity index (χ0) is 20.1. The number of carbonyl (C=O) groups is 2. The van der Waals surface area contributed by atoms with Gasteiger partial charge < -0.3 is 18.4 Å². The van der Waals surface area contributed by atoms with E-state index >= 15 is 0 Å². The highest BCUT2D eigenvalue weighted by Crippen LogP contribution is 2.01. The number of ether oxygens (including phenoxy) is 2. The van der Waals surface area contributed by atoms with Crippen LogP contribution in [-0.2, 0) is 19.1 Å². The Balaban J connectivity index is 0. The highest BCUT2D eigenvalue weighted by atomic mass is 16.5. The second kappa shape index (κ2) is 12.7. The van der Waals surface area contributed by atoms with Crippen molar-refractivity contribution in [2.24, 2.45) is 0 Å². The summed E-state index contributed by atoms with van der Waals surface area (Å²) in [5.41, 5.74) is 0.465. The van der Waals surface area contributed by atoms with Gasteiger partial charge in [0.15, 0.2) is 0 Å². The van der Waals surface area contributed by atoms with Gasteiger partial charge in [0.2, 0.25) is 0 Å². The fourth-order valence-electron chi connectivity index (χ4n) is 1.50. The summed E-state index contributed by atoms with van der Waals surface area (Å²) in [5.74, 6) is -0.637. The van der Waals surface area contributed by atoms with Crippen LogP contribution in [-0.4, -0.2) is 88.5 Å². The molecule has 146 valence electrons. The lowest BCUT2D eigenvalue weighted by Crippen LogP contribution is -2.46. The molecule has 0 aromatic heterocycles. The smallest absolute Gasteiger partial charge is 0.333 e. The fraction of sp³-hybridized carbons (Fsp3) is 0.684. The highest BCUT2D eigenvalue weighted by Gasteiger charge is 2.16. The van der Waals surface area contributed by atoms with E-state index in [0.717, 1.165) is 35.1 Å². The van der Waals surface area contributed by atoms with E-state index in [1.165, 1.54) is 6.08 Å². The molecule has 0 aliphatic carbocycles. The Labute approximate surface area is 153 Å². The Morgan fingerprint density at radius 2 is 1.44 bits per heavy atom. The van der Waals surface area contributed by atoms with Crippen LogP contribution in [0.4, 0.5) is 0 Å². The van der Waals surface area contributed by atoms with E-state index in [4.69, 9.17) is 9.47 Å². The van der Waals surface area contributed by atoms with Crippen molar-refractivity contribution in [3.8, 4) is 0 Å². The van der Waals surface area contributed by atoms with Crippen molar-refractivity contribution in [2.45, 2.75) is 20.8 Å². The van der Waals surface area contributed by atoms with E-state index < -0.39 is 0 Å². The van der Waals surface area contributed by atoms with Crippen LogP contribution < -0.4 is 0 Å². The first-order chi connectivity index (χ1) is 11.4. The fourth-order valence-corrected chi connectivity index (χ4v) is 1.50. The number of nitrogens with zero attached hydrogens (tertiary/aromatic N) is 2. The van der Waals surface area contributed by atoms with Crippen LogP contribution in [0.3, 0.4) is 0 Å². The molecule has 0 bridgehead atoms. The maximum absolute atomic E-state index is 11.1. The van der Waals surface area contributed by atoms with E-state index in [9.17, 15) is 9.59 Å². The molecule has 0 atom stereocenters. The van der Waals surface area contributed by atoms with Crippen LogP contribution in [0.1, 0.15) is 20.8 Å². The third kappa shape index (κ3) is 15.6. The maximum atomic E-state index is 11.1. The Morgan fingerprint density at radius 1 is 0.960 bits per heavy atom. The number of hydrogen-bond acceptors (Lipinski definition) is 4. The van der Waals surface area contributed by atoms with Gasteiger partial charge in [-0.3, -0.25) is 0 Å². The molecule has 0 saturated heterocycles. The van der Waals surface area contributed by atoms with Crippen molar-refractivity contribution in [1.82, 2.24) is 0 Å². The molecule has 0 heterocycles. The topological polar surface area (TPSA) is 52.6 Å². The van der Waals surface area contributed by atoms with Crippen LogP contribution in [0, 0.1) is 0 Å². The molecule has 25 heavy (non-hydrogen) atoms. The lowest BCUT2D eigenvalue weighted by Gasteiger charge is -2.31. The number of likely N-dealkylation sites (N-methyl/N-ethyl adjacent to an activating group) is 2. The lowest BCUT2D eigenvalue weighted by molar-refractivity contribution is -0.906. The zero-order valence-corrected chi connectivity index (χ0v) is 17.3. The average Bonchev–Trinajstić information content (AvgIpc) is 2.53. The van der Waals surface area contributed by atoms with E-state index in [0.29, 0.717) is 18.8 Å². The first kappa shape index (κ1) is 25.6. The van der Waals surface area contributed by atoms with Gasteiger partial charge in [-0.2, -0.15) is 0 Å². The maximum Gasteiger partial charge on any atom is 0.333 e. The van der Waals surface area contributed by atoms with Gasteiger partial charge in [0.05, 0.1) is 41.3 Å². The molecule has 0 saturated carbocycles. The monoisotopic (exact) mass is 358 g/mol. The van der Waals surface area contributed by atoms with Gasteiger partial charge in [0.1, 0.15) is 26.3 Å². The summed E-state index contributed by atoms with van der Waals surface area (Å²) in [5, 5.41) is 0. The first-order valence-corrected chi connectivity index (χ1v) is 8.66. The molecule has 0 radical (unpaired) electrons. The normalized spacial score (nSPS) is 11.0. The van der Waals surface area contributed by atoms with E-state index in [-0.39, 0.29) is 11.9 Å². The molecule has 0 amide bonds. The highest BCUT2D eigenvalue weighted by molar-refractivity contribution is 5.86. The zero-order valence-electron chi connectivity index (χ0n) is 17.3. The molecular weight excluding hydrogens is 320 g/mol. The van der Waals surface area contributed by atoms with Crippen molar-refractivity contribution < 1.29 is 28.0 Å². The summed E-state index contributed by atoms with van der Waals surface area (Å²) < 4.78 is 11.6. The third-order valence-electron chi connectivity index (χ3n) is 3.91. The second-order valence-electron chi connectivity index (χ2n) is 7.28. The Bertz CT molecular complexity index is 435. The van der Waals surface area contributed by atoms with E-state index in [1.54, 1.807) is 6.92 Å². The van der Waals surface area contributed by atoms with Crippen LogP contribution in [0.15, 0.2) is 24.8 Å². The molecule has 0 spiro atoms. The quantitative estimate of drug-likeness (QED) is 0.341. The summed E-state index contributed by atoms with van der Waals surface area (Å²) in [6.45, 7) is 17.5. The van der Waals surface area contributed by atoms with Gasteiger partial charge in [0, 0.05) is 11.6 Å². The van der Waals surface area contributed by atoms with Crippen LogP contribution >= 0.6 is 0 Å². The molecule has 0 unspecified atom stereocenters. The number of hydrogen-bond donors (Lipinski definition) is 0. The van der Waals surface area contributed by atoms with E-state index in [2.05, 4.69) is 34.1 Å². The molecule has 0 aliphatic heterocycles. The van der Waals surface area contributed by atoms with E-state index in [1.807, 2.05) is 21.1 Å². The predicted octanol–water partition coefficient (Wildman–Crippen LogP) is 2.01. The largest absolute Gasteiger partial charge is 0.457 e. The van der Waals surface area contributed by atoms with Gasteiger partial charge >= 0.3 is 11.9 Å². The minimum Gasteiger partial charge on any atom is -0.457 e. The Hall–Kier alpha value is -1.66. The molecule has 0 fully saturated rings. The predicted molar refractivity (Wildman–Crippen MR) is 102 cm³/mol. The average molecular weight is 359 g/mol. The van der Waals surface area contributed by atoms with Crippen molar-refractivity contribution in [2.75, 3.05) is 67.6 Å². The van der Waals surface area contributed by atoms with Crippen molar-refractivity contribution in [1.29, 1.82) is 0 Å². The standard InChI is InChI=1S/C11H22NO2.C8H16NO2/c1-6-12(5,7-2)8-9-14-11(13)10(3)4;1-5-8(10)11-7-6-9(2,3)4/h3,6-9H2,1-2,4-5H3;5H,1,6-7H2,2-4H3/q2*+1. The number of carbonyl (C=O) groups excluding carboxylic acids is 2. The van der Waals surface area contributed by atoms with Crippen molar-refractivity contribution >= 4 is 11.9 Å². The second-order valence-corrected chi connectivity index (χ2v) is 7.28. The minimum atomic E-state index is -0.349. The molecule has 6 nitrogen and oxygen atoms in total. The molecule has 0 aromatic carbocycles. The summed E-state index contributed by atoms with van der Waals surface area (Å²) in [6.07, 6.45) is 1.18. The van der Waals surface area contributed by atoms with Gasteiger partial charge in [-0.25, -0.2) is 9.59 Å². The van der Waals surface area contributed by atoms with Crippen LogP contribution in [0.5, 0.6) is 0 Å². The summed E-state index contributed by atoms with van der Waals surface area (Å²) in [4.78, 5) is 21.6. The van der Waals surface area contributed by atoms with Crippen molar-refractivity contribution in [3.63, 3.8) is 0 Å². The molecule has 6 heteroatoms. The summed E-state index contributed by atoms with van der Waals surface area (Å²) >= 11 is 0. The molecule has 0 aromatic rings. The van der Waals surface area contributed by atoms with Gasteiger partial charge in [-0.1, -0.05) is 13.2 Å². The van der Waals surface area contributed by atoms with Crippen molar-refractivity contribution in [3.05, 3.63) is 24.8 Å². The van der Waals surface area contributed by atoms with Crippen LogP contribution in [0.2, 0.25) is 0 Å². The Morgan fingerprint density at radius 3 is 1.80 bits per heavy atom. The lowest BCUT2D eigenvalue weighted by atomic mass is 10.3. The number of esters is 2. The SMILES string of the molecule is C=C(C)C(=O)OCC[N+](C)(CC)CC.C=CC(=O)OCC[N+](C)(C)C. The first-order valence-electron chi connectivity index (χ1n) is 8.66. The Kier molecular flexibility index (Phi) is 13.0. The number of rotatable bonds is 10. The minimum absolute atomic E-state index is 0.288. The van der Waals surface area contributed by atoms with Gasteiger partial charge in [-0.15, -0.1) is 0 Å².